The van der Waals surface area contributed by atoms with Crippen LogP contribution in [0.1, 0.15) is 24.6 Å². The summed E-state index contributed by atoms with van der Waals surface area (Å²) in [6.45, 7) is 1.26. The van der Waals surface area contributed by atoms with Gasteiger partial charge in [-0.05, 0) is 25.0 Å². The first kappa shape index (κ1) is 13.7. The highest BCUT2D eigenvalue weighted by atomic mass is 16.5. The van der Waals surface area contributed by atoms with Crippen molar-refractivity contribution < 1.29 is 13.9 Å². The summed E-state index contributed by atoms with van der Waals surface area (Å²) in [4.78, 5) is 21.1. The van der Waals surface area contributed by atoms with E-state index in [9.17, 15) is 4.79 Å². The molecule has 2 aliphatic rings. The number of amides is 1. The molecule has 0 unspecified atom stereocenters. The minimum Gasteiger partial charge on any atom is -0.461 e. The smallest absolute Gasteiger partial charge is 0.228 e. The lowest BCUT2D eigenvalue weighted by atomic mass is 10.1. The van der Waals surface area contributed by atoms with Gasteiger partial charge in [0.15, 0.2) is 17.2 Å². The highest BCUT2D eigenvalue weighted by Gasteiger charge is 2.30. The van der Waals surface area contributed by atoms with Crippen LogP contribution in [0.5, 0.6) is 0 Å². The van der Waals surface area contributed by atoms with Crippen molar-refractivity contribution in [2.45, 2.75) is 18.8 Å². The van der Waals surface area contributed by atoms with Gasteiger partial charge in [-0.1, -0.05) is 0 Å². The van der Waals surface area contributed by atoms with Gasteiger partial charge >= 0.3 is 0 Å². The summed E-state index contributed by atoms with van der Waals surface area (Å²) in [6, 6.07) is 5.33. The monoisotopic (exact) mass is 325 g/mol. The molecule has 1 saturated carbocycles. The van der Waals surface area contributed by atoms with Crippen LogP contribution in [0.15, 0.2) is 28.9 Å². The lowest BCUT2D eigenvalue weighted by Crippen LogP contribution is -2.26. The lowest BCUT2D eigenvalue weighted by Gasteiger charge is -2.22. The third-order valence-electron chi connectivity index (χ3n) is 4.29. The maximum atomic E-state index is 12.0. The fraction of sp³-hybridized carbons (Fsp3) is 0.375. The third-order valence-corrected chi connectivity index (χ3v) is 4.29. The molecule has 24 heavy (non-hydrogen) atoms. The summed E-state index contributed by atoms with van der Waals surface area (Å²) < 4.78 is 12.3. The molecule has 1 saturated heterocycles. The van der Waals surface area contributed by atoms with E-state index in [0.29, 0.717) is 36.3 Å². The summed E-state index contributed by atoms with van der Waals surface area (Å²) in [5.74, 6) is 2.60. The van der Waals surface area contributed by atoms with Crippen molar-refractivity contribution in [1.82, 2.24) is 19.6 Å². The van der Waals surface area contributed by atoms with Gasteiger partial charge in [-0.15, -0.1) is 5.10 Å². The molecule has 0 atom stereocenters. The number of nitrogens with one attached hydrogen (secondary N) is 1. The first-order valence-corrected chi connectivity index (χ1v) is 7.98. The number of ether oxygens (including phenoxy) is 1. The molecule has 122 valence electrons. The Bertz CT molecular complexity index is 909. The number of fused-ring (bicyclic) bond motifs is 1. The van der Waals surface area contributed by atoms with Gasteiger partial charge in [0.2, 0.25) is 11.7 Å². The standard InChI is InChI=1S/C16H15N5O3/c22-16(9-3-4-9)18-12-6-13-19-14(10-7-23-8-10)20-21(13)15(17-12)11-2-1-5-24-11/h1-2,5-6,9-10H,3-4,7-8H2,(H,18,22). The molecule has 5 rings (SSSR count). The van der Waals surface area contributed by atoms with Gasteiger partial charge in [-0.2, -0.15) is 4.52 Å². The Morgan fingerprint density at radius 3 is 2.83 bits per heavy atom. The van der Waals surface area contributed by atoms with Gasteiger partial charge in [0, 0.05) is 12.0 Å². The van der Waals surface area contributed by atoms with Crippen LogP contribution in [-0.2, 0) is 9.53 Å². The summed E-state index contributed by atoms with van der Waals surface area (Å²) in [5.41, 5.74) is 0.629. The average molecular weight is 325 g/mol. The number of furan rings is 1. The van der Waals surface area contributed by atoms with E-state index >= 15 is 0 Å². The van der Waals surface area contributed by atoms with Crippen LogP contribution in [0.4, 0.5) is 5.82 Å². The first-order chi connectivity index (χ1) is 11.8. The zero-order valence-electron chi connectivity index (χ0n) is 12.8. The fourth-order valence-corrected chi connectivity index (χ4v) is 2.67. The summed E-state index contributed by atoms with van der Waals surface area (Å²) >= 11 is 0. The first-order valence-electron chi connectivity index (χ1n) is 7.98. The van der Waals surface area contributed by atoms with E-state index in [1.165, 1.54) is 0 Å². The maximum absolute atomic E-state index is 12.0. The van der Waals surface area contributed by atoms with Crippen molar-refractivity contribution in [2.24, 2.45) is 5.92 Å². The zero-order chi connectivity index (χ0) is 16.1. The van der Waals surface area contributed by atoms with Crippen molar-refractivity contribution >= 4 is 17.4 Å². The molecule has 1 aliphatic heterocycles. The molecule has 1 aliphatic carbocycles. The molecule has 8 heteroatoms. The van der Waals surface area contributed by atoms with Crippen LogP contribution in [0, 0.1) is 5.92 Å². The second-order valence-electron chi connectivity index (χ2n) is 6.18. The van der Waals surface area contributed by atoms with Gasteiger partial charge in [-0.3, -0.25) is 4.79 Å². The molecule has 3 aromatic rings. The third kappa shape index (κ3) is 2.26. The topological polar surface area (TPSA) is 94.5 Å². The largest absolute Gasteiger partial charge is 0.461 e. The number of hydrogen-bond acceptors (Lipinski definition) is 6. The predicted octanol–water partition coefficient (Wildman–Crippen LogP) is 1.85. The number of carbonyl (C=O) groups is 1. The Hall–Kier alpha value is -2.74. The molecule has 3 aromatic heterocycles. The Kier molecular flexibility index (Phi) is 2.93. The zero-order valence-corrected chi connectivity index (χ0v) is 12.8. The normalized spacial score (nSPS) is 17.8. The van der Waals surface area contributed by atoms with Crippen LogP contribution in [0.2, 0.25) is 0 Å². The second kappa shape index (κ2) is 5.13. The maximum Gasteiger partial charge on any atom is 0.228 e. The number of hydrogen-bond donors (Lipinski definition) is 1. The molecule has 1 N–H and O–H groups in total. The average Bonchev–Trinajstić information content (AvgIpc) is 3.07. The van der Waals surface area contributed by atoms with E-state index in [0.717, 1.165) is 18.7 Å². The van der Waals surface area contributed by atoms with Crippen LogP contribution < -0.4 is 5.32 Å². The molecule has 0 bridgehead atoms. The van der Waals surface area contributed by atoms with Crippen molar-refractivity contribution in [1.29, 1.82) is 0 Å². The van der Waals surface area contributed by atoms with Crippen LogP contribution in [0.25, 0.3) is 17.2 Å². The molecular weight excluding hydrogens is 310 g/mol. The number of carbonyl (C=O) groups excluding carboxylic acids is 1. The number of nitrogens with zero attached hydrogens (tertiary/aromatic N) is 4. The SMILES string of the molecule is O=C(Nc1cc2nc(C3COC3)nn2c(-c2ccco2)n1)C1CC1. The highest BCUT2D eigenvalue weighted by Crippen LogP contribution is 2.31. The molecule has 1 amide bonds. The van der Waals surface area contributed by atoms with Crippen LogP contribution >= 0.6 is 0 Å². The van der Waals surface area contributed by atoms with Crippen molar-refractivity contribution in [3.05, 3.63) is 30.3 Å². The van der Waals surface area contributed by atoms with Crippen molar-refractivity contribution in [2.75, 3.05) is 18.5 Å². The molecule has 0 aromatic carbocycles. The minimum absolute atomic E-state index is 0.00405. The second-order valence-corrected chi connectivity index (χ2v) is 6.18. The Morgan fingerprint density at radius 1 is 1.29 bits per heavy atom. The van der Waals surface area contributed by atoms with Gasteiger partial charge in [0.1, 0.15) is 5.82 Å². The predicted molar refractivity (Wildman–Crippen MR) is 83.4 cm³/mol. The van der Waals surface area contributed by atoms with Gasteiger partial charge < -0.3 is 14.5 Å². The molecular formula is C16H15N5O3. The summed E-state index contributed by atoms with van der Waals surface area (Å²) in [7, 11) is 0. The Morgan fingerprint density at radius 2 is 2.17 bits per heavy atom. The molecule has 4 heterocycles. The van der Waals surface area contributed by atoms with Crippen molar-refractivity contribution in [3.63, 3.8) is 0 Å². The van der Waals surface area contributed by atoms with Crippen molar-refractivity contribution in [3.8, 4) is 11.6 Å². The fourth-order valence-electron chi connectivity index (χ4n) is 2.67. The summed E-state index contributed by atoms with van der Waals surface area (Å²) in [6.07, 6.45) is 3.46. The van der Waals surface area contributed by atoms with E-state index in [-0.39, 0.29) is 17.7 Å². The Labute approximate surface area is 136 Å². The van der Waals surface area contributed by atoms with Gasteiger partial charge in [0.05, 0.1) is 25.4 Å². The highest BCUT2D eigenvalue weighted by molar-refractivity contribution is 5.93. The Balaban J connectivity index is 1.61. The molecule has 8 nitrogen and oxygen atoms in total. The van der Waals surface area contributed by atoms with Crippen LogP contribution in [0.3, 0.4) is 0 Å². The van der Waals surface area contributed by atoms with E-state index in [4.69, 9.17) is 9.15 Å². The van der Waals surface area contributed by atoms with E-state index in [1.807, 2.05) is 6.07 Å². The molecule has 0 spiro atoms. The van der Waals surface area contributed by atoms with Crippen LogP contribution in [-0.4, -0.2) is 38.7 Å². The molecule has 2 fully saturated rings. The summed E-state index contributed by atoms with van der Waals surface area (Å²) in [5, 5.41) is 7.42. The van der Waals surface area contributed by atoms with Gasteiger partial charge in [-0.25, -0.2) is 9.97 Å². The number of aromatic nitrogens is 4. The quantitative estimate of drug-likeness (QED) is 0.786. The van der Waals surface area contributed by atoms with Gasteiger partial charge in [0.25, 0.3) is 0 Å². The number of rotatable bonds is 4. The lowest BCUT2D eigenvalue weighted by molar-refractivity contribution is -0.117. The van der Waals surface area contributed by atoms with E-state index < -0.39 is 0 Å². The minimum atomic E-state index is 0.00405. The van der Waals surface area contributed by atoms with E-state index in [2.05, 4.69) is 20.4 Å². The van der Waals surface area contributed by atoms with E-state index in [1.54, 1.807) is 22.9 Å². The molecule has 0 radical (unpaired) electrons. The number of anilines is 1.